The summed E-state index contributed by atoms with van der Waals surface area (Å²) in [6.45, 7) is 56.6. The van der Waals surface area contributed by atoms with Crippen molar-refractivity contribution in [2.24, 2.45) is 41.4 Å². The Labute approximate surface area is 543 Å². The lowest BCUT2D eigenvalue weighted by Crippen LogP contribution is -2.36. The average molecular weight is 1230 g/mol. The van der Waals surface area contributed by atoms with E-state index in [0.717, 1.165) is 186 Å². The lowest BCUT2D eigenvalue weighted by atomic mass is 9.77. The molecule has 0 aromatic carbocycles. The van der Waals surface area contributed by atoms with E-state index in [1.165, 1.54) is 44.6 Å². The summed E-state index contributed by atoms with van der Waals surface area (Å²) in [6, 6.07) is 0. The number of rotatable bonds is 7. The van der Waals surface area contributed by atoms with Crippen LogP contribution in [0, 0.1) is 41.4 Å². The number of hydrogen-bond donors (Lipinski definition) is 8. The van der Waals surface area contributed by atoms with Crippen molar-refractivity contribution in [3.05, 3.63) is 94.7 Å². The summed E-state index contributed by atoms with van der Waals surface area (Å²) < 4.78 is 0. The quantitative estimate of drug-likeness (QED) is 0.117. The van der Waals surface area contributed by atoms with Crippen LogP contribution in [0.25, 0.3) is 0 Å². The van der Waals surface area contributed by atoms with Crippen molar-refractivity contribution in [1.29, 1.82) is 0 Å². The molecule has 0 radical (unpaired) electrons. The molecule has 3 atom stereocenters. The number of allylic oxidation sites excluding steroid dienone is 10. The van der Waals surface area contributed by atoms with E-state index in [1.54, 1.807) is 5.57 Å². The second-order valence-corrected chi connectivity index (χ2v) is 33.0. The summed E-state index contributed by atoms with van der Waals surface area (Å²) in [4.78, 5) is 0. The molecular formula is C80H144O8. The zero-order valence-electron chi connectivity index (χ0n) is 61.2. The summed E-state index contributed by atoms with van der Waals surface area (Å²) >= 11 is 0. The summed E-state index contributed by atoms with van der Waals surface area (Å²) in [5.74, 6) is 3.97. The first-order valence-corrected chi connectivity index (χ1v) is 35.2. The van der Waals surface area contributed by atoms with E-state index >= 15 is 0 Å². The van der Waals surface area contributed by atoms with Gasteiger partial charge in [-0.1, -0.05) is 122 Å². The lowest BCUT2D eigenvalue weighted by molar-refractivity contribution is -0.0140. The zero-order valence-corrected chi connectivity index (χ0v) is 61.2. The Balaban J connectivity index is 0.000000503. The fraction of sp³-hybridized carbons (Fsp3) is 0.800. The first-order chi connectivity index (χ1) is 40.1. The average Bonchev–Trinajstić information content (AvgIpc) is 3.56. The maximum atomic E-state index is 10.0. The molecule has 8 N–H and O–H groups in total. The molecule has 88 heavy (non-hydrogen) atoms. The summed E-state index contributed by atoms with van der Waals surface area (Å²) in [7, 11) is 0. The Morgan fingerprint density at radius 3 is 1.07 bits per heavy atom. The van der Waals surface area contributed by atoms with Crippen LogP contribution in [0.15, 0.2) is 94.7 Å². The molecule has 8 heteroatoms. The third-order valence-corrected chi connectivity index (χ3v) is 21.6. The molecule has 8 aliphatic rings. The Bertz CT molecular complexity index is 2100. The van der Waals surface area contributed by atoms with Crippen molar-refractivity contribution < 1.29 is 40.9 Å². The molecule has 8 rings (SSSR count). The highest BCUT2D eigenvalue weighted by Gasteiger charge is 2.34. The van der Waals surface area contributed by atoms with Crippen LogP contribution >= 0.6 is 0 Å². The molecule has 3 unspecified atom stereocenters. The fourth-order valence-electron chi connectivity index (χ4n) is 13.1. The molecule has 0 amide bonds. The predicted molar refractivity (Wildman–Crippen MR) is 379 cm³/mol. The molecule has 0 spiro atoms. The van der Waals surface area contributed by atoms with E-state index in [9.17, 15) is 40.9 Å². The fourth-order valence-corrected chi connectivity index (χ4v) is 13.1. The van der Waals surface area contributed by atoms with Gasteiger partial charge in [0.25, 0.3) is 0 Å². The highest BCUT2D eigenvalue weighted by Crippen LogP contribution is 2.39. The maximum Gasteiger partial charge on any atom is 0.0707 e. The van der Waals surface area contributed by atoms with Crippen LogP contribution in [0.1, 0.15) is 325 Å². The first kappa shape index (κ1) is 83.6. The van der Waals surface area contributed by atoms with E-state index in [1.807, 2.05) is 62.3 Å². The lowest BCUT2D eigenvalue weighted by Gasteiger charge is -2.34. The monoisotopic (exact) mass is 1230 g/mol. The SMILES string of the molecule is C=C(C)C1CCC(C)(O)CC1.C=C(C)C1CCC(C)(O)CC1.C=C(C)C1CCC(C)(O)CC1.C=C1CCC(C(C)(C)O)CC1.CC(C)=C1CCC(C)(O)CC1.CC(C)C1=CCC(C)(O)CC1.CC1=CCC(C(C)(C)O)CC1.CC1=CCC(O)(C(C)C)CC1. The highest BCUT2D eigenvalue weighted by atomic mass is 16.3. The summed E-state index contributed by atoms with van der Waals surface area (Å²) in [5.41, 5.74) is 9.19. The van der Waals surface area contributed by atoms with Crippen molar-refractivity contribution in [2.45, 2.75) is 369 Å². The molecule has 5 saturated carbocycles. The largest absolute Gasteiger partial charge is 0.390 e. The third kappa shape index (κ3) is 35.0. The van der Waals surface area contributed by atoms with Crippen molar-refractivity contribution in [3.8, 4) is 0 Å². The van der Waals surface area contributed by atoms with E-state index in [0.29, 0.717) is 41.4 Å². The Morgan fingerprint density at radius 1 is 0.443 bits per heavy atom. The molecule has 8 aliphatic carbocycles. The number of aliphatic hydroxyl groups is 8. The minimum Gasteiger partial charge on any atom is -0.390 e. The van der Waals surface area contributed by atoms with Crippen LogP contribution in [0.2, 0.25) is 0 Å². The van der Waals surface area contributed by atoms with Crippen LogP contribution in [-0.2, 0) is 0 Å². The van der Waals surface area contributed by atoms with Gasteiger partial charge in [-0.25, -0.2) is 0 Å². The molecular weight excluding hydrogens is 1090 g/mol. The molecule has 0 bridgehead atoms. The minimum atomic E-state index is -0.489. The van der Waals surface area contributed by atoms with Crippen LogP contribution in [-0.4, -0.2) is 85.7 Å². The van der Waals surface area contributed by atoms with Gasteiger partial charge in [0, 0.05) is 0 Å². The van der Waals surface area contributed by atoms with Crippen molar-refractivity contribution >= 4 is 0 Å². The van der Waals surface area contributed by atoms with Gasteiger partial charge >= 0.3 is 0 Å². The van der Waals surface area contributed by atoms with Crippen molar-refractivity contribution in [2.75, 3.05) is 0 Å². The predicted octanol–water partition coefficient (Wildman–Crippen LogP) is 20.2. The second-order valence-electron chi connectivity index (χ2n) is 33.0. The van der Waals surface area contributed by atoms with Crippen LogP contribution in [0.5, 0.6) is 0 Å². The van der Waals surface area contributed by atoms with E-state index in [-0.39, 0.29) is 5.60 Å². The van der Waals surface area contributed by atoms with Gasteiger partial charge in [-0.2, -0.15) is 0 Å². The van der Waals surface area contributed by atoms with Crippen LogP contribution in [0.3, 0.4) is 0 Å². The molecule has 0 heterocycles. The Kier molecular flexibility index (Phi) is 35.6. The highest BCUT2D eigenvalue weighted by molar-refractivity contribution is 5.14. The third-order valence-electron chi connectivity index (χ3n) is 21.6. The summed E-state index contributed by atoms with van der Waals surface area (Å²) in [6.07, 6.45) is 36.5. The maximum absolute atomic E-state index is 10.0. The van der Waals surface area contributed by atoms with Gasteiger partial charge in [0.05, 0.1) is 44.8 Å². The van der Waals surface area contributed by atoms with Gasteiger partial charge < -0.3 is 40.9 Å². The molecule has 8 nitrogen and oxygen atoms in total. The second kappa shape index (κ2) is 37.5. The Morgan fingerprint density at radius 2 is 0.795 bits per heavy atom. The van der Waals surface area contributed by atoms with Crippen LogP contribution in [0.4, 0.5) is 0 Å². The zero-order chi connectivity index (χ0) is 67.9. The molecule has 0 aromatic rings. The molecule has 0 aromatic heterocycles. The van der Waals surface area contributed by atoms with Crippen LogP contribution < -0.4 is 0 Å². The molecule has 5 fully saturated rings. The molecule has 0 saturated heterocycles. The minimum absolute atomic E-state index is 0.381. The van der Waals surface area contributed by atoms with Gasteiger partial charge in [0.15, 0.2) is 0 Å². The first-order valence-electron chi connectivity index (χ1n) is 35.2. The standard InChI is InChI=1S/8C10H18O/c2*1-8-4-6-9(7-5-8)10(2,3)11;5*1-8(2)9-4-6-10(3,11)7-5-9;1-8(2)10(11)6-4-9(3)5-7-10/h4,9,11H,5-7H2,1-3H3;9,11H,1,4-7H2,2-3H3;11H,4-7H2,1-3H3;4,8,11H,5-7H2,1-3H3;3*9,11H,1,4-7H2,2-3H3;4,8,11H,5-7H2,1-3H3. The van der Waals surface area contributed by atoms with E-state index in [4.69, 9.17) is 0 Å². The summed E-state index contributed by atoms with van der Waals surface area (Å²) in [5, 5.41) is 77.6. The van der Waals surface area contributed by atoms with E-state index in [2.05, 4.69) is 121 Å². The van der Waals surface area contributed by atoms with Crippen molar-refractivity contribution in [3.63, 3.8) is 0 Å². The van der Waals surface area contributed by atoms with Gasteiger partial charge in [-0.15, -0.1) is 0 Å². The molecule has 512 valence electrons. The molecule has 0 aliphatic heterocycles. The van der Waals surface area contributed by atoms with E-state index < -0.39 is 39.2 Å². The van der Waals surface area contributed by atoms with Gasteiger partial charge in [-0.3, -0.25) is 0 Å². The smallest absolute Gasteiger partial charge is 0.0707 e. The van der Waals surface area contributed by atoms with Gasteiger partial charge in [0.2, 0.25) is 0 Å². The van der Waals surface area contributed by atoms with Gasteiger partial charge in [-0.05, 0) is 338 Å². The van der Waals surface area contributed by atoms with Crippen molar-refractivity contribution in [1.82, 2.24) is 0 Å². The van der Waals surface area contributed by atoms with Gasteiger partial charge in [0.1, 0.15) is 0 Å². The normalized spacial score (nSPS) is 32.7. The topological polar surface area (TPSA) is 162 Å². The Hall–Kier alpha value is -2.40. The number of hydrogen-bond acceptors (Lipinski definition) is 8.